The van der Waals surface area contributed by atoms with Crippen LogP contribution in [0.5, 0.6) is 0 Å². The van der Waals surface area contributed by atoms with E-state index in [1.165, 1.54) is 6.42 Å². The van der Waals surface area contributed by atoms with Gasteiger partial charge in [-0.15, -0.1) is 0 Å². The average molecular weight is 317 g/mol. The van der Waals surface area contributed by atoms with Crippen molar-refractivity contribution in [1.29, 1.82) is 0 Å². The standard InChI is InChI=1S/C15H31N3O2S/c1-3-16-12-14-8-7-11-18(13-14)21(19,20)17(2)15-9-5-4-6-10-15/h14-16H,3-13H2,1-2H3. The van der Waals surface area contributed by atoms with Gasteiger partial charge in [0.05, 0.1) is 0 Å². The van der Waals surface area contributed by atoms with Crippen LogP contribution in [0.15, 0.2) is 0 Å². The topological polar surface area (TPSA) is 52.7 Å². The normalized spacial score (nSPS) is 26.3. The maximum atomic E-state index is 12.8. The minimum Gasteiger partial charge on any atom is -0.317 e. The summed E-state index contributed by atoms with van der Waals surface area (Å²) in [6.07, 6.45) is 7.72. The SMILES string of the molecule is CCNCC1CCCN(S(=O)(=O)N(C)C2CCCCC2)C1. The van der Waals surface area contributed by atoms with Gasteiger partial charge in [-0.25, -0.2) is 0 Å². The molecule has 0 amide bonds. The Morgan fingerprint density at radius 1 is 1.14 bits per heavy atom. The summed E-state index contributed by atoms with van der Waals surface area (Å²) >= 11 is 0. The minimum atomic E-state index is -3.28. The molecule has 1 aliphatic heterocycles. The molecule has 1 atom stereocenters. The van der Waals surface area contributed by atoms with Crippen LogP contribution in [0.1, 0.15) is 51.9 Å². The van der Waals surface area contributed by atoms with Crippen LogP contribution in [0, 0.1) is 5.92 Å². The quantitative estimate of drug-likeness (QED) is 0.813. The van der Waals surface area contributed by atoms with Crippen LogP contribution < -0.4 is 5.32 Å². The monoisotopic (exact) mass is 317 g/mol. The molecule has 1 aliphatic carbocycles. The summed E-state index contributed by atoms with van der Waals surface area (Å²) in [4.78, 5) is 0. The number of hydrogen-bond acceptors (Lipinski definition) is 3. The fraction of sp³-hybridized carbons (Fsp3) is 1.00. The molecule has 1 heterocycles. The highest BCUT2D eigenvalue weighted by molar-refractivity contribution is 7.86. The van der Waals surface area contributed by atoms with Crippen LogP contribution in [0.3, 0.4) is 0 Å². The Morgan fingerprint density at radius 3 is 2.52 bits per heavy atom. The molecule has 2 rings (SSSR count). The van der Waals surface area contributed by atoms with Gasteiger partial charge in [0.25, 0.3) is 10.2 Å². The molecule has 5 nitrogen and oxygen atoms in total. The highest BCUT2D eigenvalue weighted by Gasteiger charge is 2.35. The van der Waals surface area contributed by atoms with E-state index in [1.807, 2.05) is 0 Å². The lowest BCUT2D eigenvalue weighted by atomic mass is 9.96. The predicted molar refractivity (Wildman–Crippen MR) is 86.4 cm³/mol. The second-order valence-corrected chi connectivity index (χ2v) is 8.48. The summed E-state index contributed by atoms with van der Waals surface area (Å²) in [5.41, 5.74) is 0. The zero-order valence-electron chi connectivity index (χ0n) is 13.6. The molecule has 124 valence electrons. The molecule has 6 heteroatoms. The van der Waals surface area contributed by atoms with E-state index in [4.69, 9.17) is 0 Å². The summed E-state index contributed by atoms with van der Waals surface area (Å²) in [6.45, 7) is 5.32. The Bertz CT molecular complexity index is 407. The van der Waals surface area contributed by atoms with E-state index in [0.29, 0.717) is 19.0 Å². The van der Waals surface area contributed by atoms with Crippen molar-refractivity contribution in [2.24, 2.45) is 5.92 Å². The number of nitrogens with one attached hydrogen (secondary N) is 1. The molecule has 1 N–H and O–H groups in total. The summed E-state index contributed by atoms with van der Waals surface area (Å²) in [7, 11) is -1.50. The van der Waals surface area contributed by atoms with Gasteiger partial charge in [0, 0.05) is 26.2 Å². The van der Waals surface area contributed by atoms with E-state index >= 15 is 0 Å². The Balaban J connectivity index is 1.97. The molecule has 1 unspecified atom stereocenters. The van der Waals surface area contributed by atoms with E-state index < -0.39 is 10.2 Å². The van der Waals surface area contributed by atoms with Crippen molar-refractivity contribution in [3.8, 4) is 0 Å². The maximum Gasteiger partial charge on any atom is 0.281 e. The molecule has 2 fully saturated rings. The van der Waals surface area contributed by atoms with Crippen molar-refractivity contribution in [1.82, 2.24) is 13.9 Å². The second kappa shape index (κ2) is 7.90. The molecule has 0 bridgehead atoms. The zero-order chi connectivity index (χ0) is 15.3. The van der Waals surface area contributed by atoms with Crippen molar-refractivity contribution in [2.45, 2.75) is 57.9 Å². The van der Waals surface area contributed by atoms with Crippen molar-refractivity contribution < 1.29 is 8.42 Å². The van der Waals surface area contributed by atoms with Crippen molar-refractivity contribution in [3.63, 3.8) is 0 Å². The van der Waals surface area contributed by atoms with Crippen molar-refractivity contribution in [2.75, 3.05) is 33.2 Å². The van der Waals surface area contributed by atoms with Crippen LogP contribution in [0.4, 0.5) is 0 Å². The molecule has 0 spiro atoms. The first kappa shape index (κ1) is 17.2. The molecule has 0 aromatic rings. The highest BCUT2D eigenvalue weighted by atomic mass is 32.2. The first-order chi connectivity index (χ1) is 10.1. The van der Waals surface area contributed by atoms with Gasteiger partial charge in [0.2, 0.25) is 0 Å². The van der Waals surface area contributed by atoms with Crippen LogP contribution in [0.25, 0.3) is 0 Å². The van der Waals surface area contributed by atoms with E-state index in [-0.39, 0.29) is 6.04 Å². The Morgan fingerprint density at radius 2 is 1.86 bits per heavy atom. The third kappa shape index (κ3) is 4.41. The van der Waals surface area contributed by atoms with Gasteiger partial charge in [-0.1, -0.05) is 26.2 Å². The second-order valence-electron chi connectivity index (χ2n) is 6.49. The first-order valence-electron chi connectivity index (χ1n) is 8.49. The smallest absolute Gasteiger partial charge is 0.281 e. The number of hydrogen-bond donors (Lipinski definition) is 1. The number of nitrogens with zero attached hydrogens (tertiary/aromatic N) is 2. The highest BCUT2D eigenvalue weighted by Crippen LogP contribution is 2.27. The van der Waals surface area contributed by atoms with E-state index in [1.54, 1.807) is 15.7 Å². The van der Waals surface area contributed by atoms with Gasteiger partial charge in [-0.3, -0.25) is 0 Å². The molecule has 0 aromatic heterocycles. The molecule has 1 saturated carbocycles. The molecular weight excluding hydrogens is 286 g/mol. The van der Waals surface area contributed by atoms with Gasteiger partial charge in [-0.2, -0.15) is 17.0 Å². The van der Waals surface area contributed by atoms with Crippen molar-refractivity contribution in [3.05, 3.63) is 0 Å². The van der Waals surface area contributed by atoms with Gasteiger partial charge in [-0.05, 0) is 44.7 Å². The van der Waals surface area contributed by atoms with E-state index in [0.717, 1.165) is 51.6 Å². The largest absolute Gasteiger partial charge is 0.317 e. The summed E-state index contributed by atoms with van der Waals surface area (Å²) in [5.74, 6) is 0.452. The Hall–Kier alpha value is -0.170. The Labute approximate surface area is 130 Å². The third-order valence-corrected chi connectivity index (χ3v) is 6.95. The van der Waals surface area contributed by atoms with Crippen molar-refractivity contribution >= 4 is 10.2 Å². The summed E-state index contributed by atoms with van der Waals surface area (Å²) < 4.78 is 29.0. The molecular formula is C15H31N3O2S. The van der Waals surface area contributed by atoms with Gasteiger partial charge >= 0.3 is 0 Å². The number of rotatable bonds is 6. The van der Waals surface area contributed by atoms with E-state index in [9.17, 15) is 8.42 Å². The lowest BCUT2D eigenvalue weighted by molar-refractivity contribution is 0.223. The van der Waals surface area contributed by atoms with Crippen LogP contribution in [0.2, 0.25) is 0 Å². The molecule has 1 saturated heterocycles. The molecule has 21 heavy (non-hydrogen) atoms. The van der Waals surface area contributed by atoms with Gasteiger partial charge in [0.15, 0.2) is 0 Å². The lowest BCUT2D eigenvalue weighted by Crippen LogP contribution is -2.51. The average Bonchev–Trinajstić information content (AvgIpc) is 2.53. The fourth-order valence-corrected chi connectivity index (χ4v) is 5.28. The van der Waals surface area contributed by atoms with Gasteiger partial charge < -0.3 is 5.32 Å². The number of piperidine rings is 1. The zero-order valence-corrected chi connectivity index (χ0v) is 14.4. The molecule has 0 aromatic carbocycles. The fourth-order valence-electron chi connectivity index (χ4n) is 3.57. The molecule has 2 aliphatic rings. The first-order valence-corrected chi connectivity index (χ1v) is 9.89. The van der Waals surface area contributed by atoms with Gasteiger partial charge in [0.1, 0.15) is 0 Å². The van der Waals surface area contributed by atoms with Crippen LogP contribution >= 0.6 is 0 Å². The van der Waals surface area contributed by atoms with Crippen LogP contribution in [-0.4, -0.2) is 56.3 Å². The van der Waals surface area contributed by atoms with Crippen LogP contribution in [-0.2, 0) is 10.2 Å². The lowest BCUT2D eigenvalue weighted by Gasteiger charge is -2.38. The summed E-state index contributed by atoms with van der Waals surface area (Å²) in [6, 6.07) is 0.206. The minimum absolute atomic E-state index is 0.206. The predicted octanol–water partition coefficient (Wildman–Crippen LogP) is 1.82. The third-order valence-electron chi connectivity index (χ3n) is 4.94. The maximum absolute atomic E-state index is 12.8. The van der Waals surface area contributed by atoms with E-state index in [2.05, 4.69) is 12.2 Å². The molecule has 0 radical (unpaired) electrons. The Kier molecular flexibility index (Phi) is 6.47. The summed E-state index contributed by atoms with van der Waals surface area (Å²) in [5, 5.41) is 3.35.